The maximum absolute atomic E-state index is 12.4. The Bertz CT molecular complexity index is 829. The molecule has 0 aliphatic heterocycles. The van der Waals surface area contributed by atoms with Gasteiger partial charge in [-0.2, -0.15) is 0 Å². The number of aromatic nitrogens is 1. The third kappa shape index (κ3) is 3.76. The largest absolute Gasteiger partial charge is 0.545 e. The fraction of sp³-hybridized carbons (Fsp3) is 0.444. The molecular weight excluding hydrogens is 405 g/mol. The number of carboxylic acid groups (broad SMARTS) is 1. The maximum atomic E-state index is 12.4. The van der Waals surface area contributed by atoms with Crippen LogP contribution in [-0.2, 0) is 5.54 Å². The molecule has 23 heavy (non-hydrogen) atoms. The van der Waals surface area contributed by atoms with Crippen LogP contribution in [0.1, 0.15) is 51.4 Å². The summed E-state index contributed by atoms with van der Waals surface area (Å²) in [6.07, 6.45) is 2.26. The molecule has 0 aliphatic rings. The molecule has 0 N–H and O–H groups in total. The number of benzene rings is 1. The van der Waals surface area contributed by atoms with Crippen LogP contribution in [0.15, 0.2) is 29.2 Å². The van der Waals surface area contributed by atoms with Crippen molar-refractivity contribution in [3.63, 3.8) is 0 Å². The molecule has 0 radical (unpaired) electrons. The van der Waals surface area contributed by atoms with Gasteiger partial charge in [-0.25, -0.2) is 0 Å². The lowest BCUT2D eigenvalue weighted by atomic mass is 9.81. The smallest absolute Gasteiger partial charge is 0.198 e. The minimum absolute atomic E-state index is 0.0581. The Kier molecular flexibility index (Phi) is 4.63. The molecule has 0 saturated heterocycles. The molecule has 0 spiro atoms. The zero-order chi connectivity index (χ0) is 17.6. The molecule has 0 fully saturated rings. The fourth-order valence-electron chi connectivity index (χ4n) is 3.33. The van der Waals surface area contributed by atoms with Crippen molar-refractivity contribution >= 4 is 39.5 Å². The van der Waals surface area contributed by atoms with Gasteiger partial charge in [-0.05, 0) is 66.5 Å². The van der Waals surface area contributed by atoms with Gasteiger partial charge in [0, 0.05) is 20.7 Å². The Labute approximate surface area is 149 Å². The summed E-state index contributed by atoms with van der Waals surface area (Å²) < 4.78 is 2.90. The number of aromatic carboxylic acids is 1. The summed E-state index contributed by atoms with van der Waals surface area (Å²) >= 11 is 2.19. The molecule has 1 aromatic heterocycles. The molecule has 5 heteroatoms. The number of hydrogen-bond donors (Lipinski definition) is 0. The molecule has 0 saturated carbocycles. The van der Waals surface area contributed by atoms with Crippen molar-refractivity contribution in [3.05, 3.63) is 43.8 Å². The predicted molar refractivity (Wildman–Crippen MR) is 98.6 cm³/mol. The molecule has 2 rings (SSSR count). The van der Waals surface area contributed by atoms with Crippen molar-refractivity contribution in [1.29, 1.82) is 0 Å². The van der Waals surface area contributed by atoms with Gasteiger partial charge in [0.25, 0.3) is 0 Å². The van der Waals surface area contributed by atoms with E-state index in [-0.39, 0.29) is 16.5 Å². The third-order valence-electron chi connectivity index (χ3n) is 3.80. The molecule has 1 aromatic carbocycles. The van der Waals surface area contributed by atoms with Gasteiger partial charge >= 0.3 is 0 Å². The van der Waals surface area contributed by atoms with Gasteiger partial charge in [-0.1, -0.05) is 20.8 Å². The van der Waals surface area contributed by atoms with Crippen molar-refractivity contribution in [2.24, 2.45) is 5.41 Å². The zero-order valence-corrected chi connectivity index (χ0v) is 16.2. The van der Waals surface area contributed by atoms with E-state index in [4.69, 9.17) is 0 Å². The van der Waals surface area contributed by atoms with E-state index in [0.29, 0.717) is 5.39 Å². The molecule has 0 atom stereocenters. The Balaban J connectivity index is 2.86. The van der Waals surface area contributed by atoms with Crippen LogP contribution in [-0.4, -0.2) is 10.5 Å². The highest BCUT2D eigenvalue weighted by Gasteiger charge is 2.28. The van der Waals surface area contributed by atoms with Crippen LogP contribution in [0.5, 0.6) is 0 Å². The molecule has 2 aromatic rings. The van der Waals surface area contributed by atoms with Crippen molar-refractivity contribution in [2.75, 3.05) is 0 Å². The van der Waals surface area contributed by atoms with E-state index in [9.17, 15) is 14.7 Å². The molecule has 0 unspecified atom stereocenters. The number of hydrogen-bond acceptors (Lipinski definition) is 3. The molecule has 1 heterocycles. The molecule has 0 amide bonds. The summed E-state index contributed by atoms with van der Waals surface area (Å²) in [5.41, 5.74) is -0.317. The number of halogens is 1. The second kappa shape index (κ2) is 5.92. The summed E-state index contributed by atoms with van der Waals surface area (Å²) in [7, 11) is 0. The van der Waals surface area contributed by atoms with Gasteiger partial charge < -0.3 is 14.5 Å². The van der Waals surface area contributed by atoms with Crippen LogP contribution in [0.2, 0.25) is 0 Å². The van der Waals surface area contributed by atoms with Crippen LogP contribution < -0.4 is 10.5 Å². The molecule has 0 aliphatic carbocycles. The molecule has 0 bridgehead atoms. The summed E-state index contributed by atoms with van der Waals surface area (Å²) in [5, 5.41) is 11.8. The number of carboxylic acids is 1. The van der Waals surface area contributed by atoms with E-state index in [1.54, 1.807) is 6.07 Å². The van der Waals surface area contributed by atoms with E-state index in [2.05, 4.69) is 57.2 Å². The lowest BCUT2D eigenvalue weighted by Gasteiger charge is -2.36. The highest BCUT2D eigenvalue weighted by molar-refractivity contribution is 14.1. The predicted octanol–water partition coefficient (Wildman–Crippen LogP) is 3.14. The van der Waals surface area contributed by atoms with Crippen molar-refractivity contribution in [3.8, 4) is 0 Å². The Morgan fingerprint density at radius 3 is 2.35 bits per heavy atom. The first-order chi connectivity index (χ1) is 10.4. The quantitative estimate of drug-likeness (QED) is 0.709. The maximum Gasteiger partial charge on any atom is 0.198 e. The average molecular weight is 426 g/mol. The van der Waals surface area contributed by atoms with Crippen LogP contribution in [0.25, 0.3) is 10.9 Å². The normalized spacial score (nSPS) is 12.6. The number of carbonyl (C=O) groups is 1. The number of pyridine rings is 1. The average Bonchev–Trinajstić information content (AvgIpc) is 2.35. The second-order valence-electron chi connectivity index (χ2n) is 7.74. The highest BCUT2D eigenvalue weighted by atomic mass is 127. The number of nitrogens with zero attached hydrogens (tertiary/aromatic N) is 1. The number of carbonyl (C=O) groups excluding carboxylic acids is 1. The Morgan fingerprint density at radius 1 is 1.22 bits per heavy atom. The van der Waals surface area contributed by atoms with Gasteiger partial charge in [0.1, 0.15) is 0 Å². The molecule has 124 valence electrons. The minimum Gasteiger partial charge on any atom is -0.545 e. The topological polar surface area (TPSA) is 62.1 Å². The summed E-state index contributed by atoms with van der Waals surface area (Å²) in [5.74, 6) is -1.43. The Morgan fingerprint density at radius 2 is 1.83 bits per heavy atom. The standard InChI is InChI=1S/C18H22INO3/c1-17(2,3)10-18(4,5)20-9-13(16(22)23)15(21)12-7-6-11(19)8-14(12)20/h6-9H,10H2,1-5H3,(H,22,23)/p-1. The van der Waals surface area contributed by atoms with Gasteiger partial charge in [-0.3, -0.25) is 4.79 Å². The number of fused-ring (bicyclic) bond motifs is 1. The van der Waals surface area contributed by atoms with E-state index < -0.39 is 11.4 Å². The van der Waals surface area contributed by atoms with Gasteiger partial charge in [0.05, 0.1) is 17.0 Å². The molecule has 4 nitrogen and oxygen atoms in total. The summed E-state index contributed by atoms with van der Waals surface area (Å²) in [6, 6.07) is 5.42. The SMILES string of the molecule is CC(C)(C)CC(C)(C)n1cc(C(=O)[O-])c(=O)c2ccc(I)cc21. The van der Waals surface area contributed by atoms with Gasteiger partial charge in [0.15, 0.2) is 5.43 Å². The van der Waals surface area contributed by atoms with Crippen LogP contribution in [0.4, 0.5) is 0 Å². The van der Waals surface area contributed by atoms with Crippen LogP contribution in [0, 0.1) is 8.99 Å². The van der Waals surface area contributed by atoms with Crippen molar-refractivity contribution in [2.45, 2.75) is 46.6 Å². The lowest BCUT2D eigenvalue weighted by Crippen LogP contribution is -2.36. The van der Waals surface area contributed by atoms with Gasteiger partial charge in [0.2, 0.25) is 0 Å². The first kappa shape index (κ1) is 18.0. The van der Waals surface area contributed by atoms with Crippen molar-refractivity contribution in [1.82, 2.24) is 4.57 Å². The second-order valence-corrected chi connectivity index (χ2v) is 8.99. The summed E-state index contributed by atoms with van der Waals surface area (Å²) in [4.78, 5) is 23.8. The number of rotatable bonds is 3. The first-order valence-corrected chi connectivity index (χ1v) is 8.57. The third-order valence-corrected chi connectivity index (χ3v) is 4.47. The highest BCUT2D eigenvalue weighted by Crippen LogP contribution is 2.34. The molecular formula is C18H21INO3-. The summed E-state index contributed by atoms with van der Waals surface area (Å²) in [6.45, 7) is 10.5. The monoisotopic (exact) mass is 426 g/mol. The van der Waals surface area contributed by atoms with Crippen molar-refractivity contribution < 1.29 is 9.90 Å². The zero-order valence-electron chi connectivity index (χ0n) is 14.1. The van der Waals surface area contributed by atoms with Gasteiger partial charge in [-0.15, -0.1) is 0 Å². The first-order valence-electron chi connectivity index (χ1n) is 7.49. The van der Waals surface area contributed by atoms with Crippen LogP contribution in [0.3, 0.4) is 0 Å². The lowest BCUT2D eigenvalue weighted by molar-refractivity contribution is -0.255. The van der Waals surface area contributed by atoms with E-state index in [1.165, 1.54) is 6.20 Å². The van der Waals surface area contributed by atoms with E-state index in [0.717, 1.165) is 15.5 Å². The van der Waals surface area contributed by atoms with Crippen LogP contribution >= 0.6 is 22.6 Å². The minimum atomic E-state index is -1.43. The fourth-order valence-corrected chi connectivity index (χ4v) is 3.80. The Hall–Kier alpha value is -1.37. The van der Waals surface area contributed by atoms with E-state index in [1.807, 2.05) is 16.7 Å². The van der Waals surface area contributed by atoms with E-state index >= 15 is 0 Å².